The maximum atomic E-state index is 5.43. The van der Waals surface area contributed by atoms with Gasteiger partial charge >= 0.3 is 0 Å². The molecule has 0 spiro atoms. The molecule has 1 aromatic carbocycles. The fraction of sp³-hybridized carbons (Fsp3) is 0.375. The van der Waals surface area contributed by atoms with Gasteiger partial charge in [-0.05, 0) is 25.3 Å². The molecule has 0 aliphatic heterocycles. The van der Waals surface area contributed by atoms with E-state index in [9.17, 15) is 0 Å². The van der Waals surface area contributed by atoms with E-state index < -0.39 is 0 Å². The molecular weight excluding hydrogens is 252 g/mol. The molecule has 98 valence electrons. The number of aromatic amines is 1. The molecule has 1 N–H and O–H groups in total. The Bertz CT molecular complexity index is 625. The van der Waals surface area contributed by atoms with Crippen LogP contribution in [0.1, 0.15) is 43.0 Å². The Balaban J connectivity index is 2.11. The van der Waals surface area contributed by atoms with E-state index in [0.717, 1.165) is 21.7 Å². The highest BCUT2D eigenvalue weighted by Gasteiger charge is 2.20. The summed E-state index contributed by atoms with van der Waals surface area (Å²) in [6.07, 6.45) is 5.08. The van der Waals surface area contributed by atoms with Crippen LogP contribution in [0.3, 0.4) is 0 Å². The number of hydrogen-bond acceptors (Lipinski definition) is 2. The lowest BCUT2D eigenvalue weighted by Crippen LogP contribution is -2.04. The van der Waals surface area contributed by atoms with Crippen molar-refractivity contribution in [1.29, 1.82) is 0 Å². The van der Waals surface area contributed by atoms with Crippen molar-refractivity contribution < 1.29 is 0 Å². The standard InChI is InChI=1S/C16H18N2S/c1-11-14(12-7-3-2-4-8-12)17-15(18-16(11)19)13-9-5-6-10-13/h2-4,7-8,13H,5-6,9-10H2,1H3,(H,17,18,19). The molecule has 0 amide bonds. The monoisotopic (exact) mass is 270 g/mol. The molecule has 1 aromatic heterocycles. The van der Waals surface area contributed by atoms with Gasteiger partial charge in [0.25, 0.3) is 0 Å². The Morgan fingerprint density at radius 3 is 2.53 bits per heavy atom. The zero-order chi connectivity index (χ0) is 13.2. The molecule has 1 heterocycles. The molecule has 1 saturated carbocycles. The van der Waals surface area contributed by atoms with Gasteiger partial charge in [0, 0.05) is 11.5 Å². The summed E-state index contributed by atoms with van der Waals surface area (Å²) in [6, 6.07) is 10.4. The summed E-state index contributed by atoms with van der Waals surface area (Å²) in [5.74, 6) is 1.64. The van der Waals surface area contributed by atoms with Crippen LogP contribution in [0.25, 0.3) is 11.3 Å². The van der Waals surface area contributed by atoms with E-state index in [1.807, 2.05) is 13.0 Å². The van der Waals surface area contributed by atoms with E-state index >= 15 is 0 Å². The van der Waals surface area contributed by atoms with Crippen molar-refractivity contribution in [2.45, 2.75) is 38.5 Å². The van der Waals surface area contributed by atoms with Gasteiger partial charge in [-0.1, -0.05) is 55.4 Å². The van der Waals surface area contributed by atoms with Crippen molar-refractivity contribution in [2.75, 3.05) is 0 Å². The summed E-state index contributed by atoms with van der Waals surface area (Å²) in [5.41, 5.74) is 3.39. The molecule has 0 unspecified atom stereocenters. The molecule has 0 bridgehead atoms. The van der Waals surface area contributed by atoms with Crippen molar-refractivity contribution in [1.82, 2.24) is 9.97 Å². The Hall–Kier alpha value is -1.48. The van der Waals surface area contributed by atoms with Crippen molar-refractivity contribution in [3.05, 3.63) is 46.4 Å². The maximum Gasteiger partial charge on any atom is 0.133 e. The van der Waals surface area contributed by atoms with Crippen LogP contribution in [-0.4, -0.2) is 9.97 Å². The smallest absolute Gasteiger partial charge is 0.133 e. The first-order valence-electron chi connectivity index (χ1n) is 6.92. The predicted molar refractivity (Wildman–Crippen MR) is 80.8 cm³/mol. The molecule has 2 aromatic rings. The van der Waals surface area contributed by atoms with Crippen LogP contribution in [-0.2, 0) is 0 Å². The predicted octanol–water partition coefficient (Wildman–Crippen LogP) is 4.77. The number of H-pyrrole nitrogens is 1. The van der Waals surface area contributed by atoms with E-state index in [1.165, 1.54) is 31.2 Å². The average molecular weight is 270 g/mol. The number of nitrogens with zero attached hydrogens (tertiary/aromatic N) is 1. The Kier molecular flexibility index (Phi) is 3.47. The van der Waals surface area contributed by atoms with Crippen LogP contribution in [0.4, 0.5) is 0 Å². The molecule has 19 heavy (non-hydrogen) atoms. The first-order chi connectivity index (χ1) is 9.25. The second kappa shape index (κ2) is 5.25. The molecule has 3 rings (SSSR count). The van der Waals surface area contributed by atoms with Gasteiger partial charge in [0.2, 0.25) is 0 Å². The van der Waals surface area contributed by atoms with E-state index in [2.05, 4.69) is 34.2 Å². The van der Waals surface area contributed by atoms with Crippen LogP contribution in [0, 0.1) is 11.6 Å². The quantitative estimate of drug-likeness (QED) is 0.796. The molecule has 1 aliphatic carbocycles. The molecule has 1 aliphatic rings. The fourth-order valence-corrected chi connectivity index (χ4v) is 3.04. The van der Waals surface area contributed by atoms with Crippen LogP contribution >= 0.6 is 12.2 Å². The molecule has 3 heteroatoms. The molecule has 1 fully saturated rings. The summed E-state index contributed by atoms with van der Waals surface area (Å²) in [6.45, 7) is 2.05. The summed E-state index contributed by atoms with van der Waals surface area (Å²) in [4.78, 5) is 8.13. The highest BCUT2D eigenvalue weighted by molar-refractivity contribution is 7.71. The van der Waals surface area contributed by atoms with Crippen molar-refractivity contribution in [2.24, 2.45) is 0 Å². The number of hydrogen-bond donors (Lipinski definition) is 1. The Morgan fingerprint density at radius 1 is 1.16 bits per heavy atom. The summed E-state index contributed by atoms with van der Waals surface area (Å²) >= 11 is 5.43. The summed E-state index contributed by atoms with van der Waals surface area (Å²) < 4.78 is 0.736. The number of rotatable bonds is 2. The number of aromatic nitrogens is 2. The van der Waals surface area contributed by atoms with Crippen molar-refractivity contribution in [3.63, 3.8) is 0 Å². The molecule has 0 saturated heterocycles. The van der Waals surface area contributed by atoms with Gasteiger partial charge in [-0.15, -0.1) is 0 Å². The zero-order valence-electron chi connectivity index (χ0n) is 11.1. The average Bonchev–Trinajstić information content (AvgIpc) is 2.97. The third-order valence-electron chi connectivity index (χ3n) is 3.98. The van der Waals surface area contributed by atoms with Crippen molar-refractivity contribution in [3.8, 4) is 11.3 Å². The minimum absolute atomic E-state index is 0.560. The number of nitrogens with one attached hydrogen (secondary N) is 1. The van der Waals surface area contributed by atoms with Gasteiger partial charge < -0.3 is 4.98 Å². The Morgan fingerprint density at radius 2 is 1.84 bits per heavy atom. The van der Waals surface area contributed by atoms with Gasteiger partial charge in [0.05, 0.1) is 5.69 Å². The largest absolute Gasteiger partial charge is 0.343 e. The molecule has 0 radical (unpaired) electrons. The highest BCUT2D eigenvalue weighted by Crippen LogP contribution is 2.33. The fourth-order valence-electron chi connectivity index (χ4n) is 2.84. The van der Waals surface area contributed by atoms with Crippen LogP contribution in [0.2, 0.25) is 0 Å². The topological polar surface area (TPSA) is 28.7 Å². The third kappa shape index (κ3) is 2.47. The third-order valence-corrected chi connectivity index (χ3v) is 4.37. The van der Waals surface area contributed by atoms with Gasteiger partial charge in [0.1, 0.15) is 10.5 Å². The van der Waals surface area contributed by atoms with Gasteiger partial charge in [-0.2, -0.15) is 0 Å². The lowest BCUT2D eigenvalue weighted by Gasteiger charge is -2.13. The van der Waals surface area contributed by atoms with E-state index in [0.29, 0.717) is 5.92 Å². The lowest BCUT2D eigenvalue weighted by atomic mass is 10.0. The first kappa shape index (κ1) is 12.5. The molecule has 2 nitrogen and oxygen atoms in total. The van der Waals surface area contributed by atoms with E-state index in [1.54, 1.807) is 0 Å². The van der Waals surface area contributed by atoms with Gasteiger partial charge in [-0.3, -0.25) is 0 Å². The number of benzene rings is 1. The SMILES string of the molecule is Cc1c(-c2ccccc2)[nH]c(C2CCCC2)nc1=S. The van der Waals surface area contributed by atoms with Crippen LogP contribution in [0.15, 0.2) is 30.3 Å². The second-order valence-electron chi connectivity index (χ2n) is 5.27. The minimum Gasteiger partial charge on any atom is -0.343 e. The lowest BCUT2D eigenvalue weighted by molar-refractivity contribution is 0.666. The highest BCUT2D eigenvalue weighted by atomic mass is 32.1. The molecular formula is C16H18N2S. The van der Waals surface area contributed by atoms with Gasteiger partial charge in [-0.25, -0.2) is 4.98 Å². The molecule has 0 atom stereocenters. The van der Waals surface area contributed by atoms with E-state index in [-0.39, 0.29) is 0 Å². The van der Waals surface area contributed by atoms with Crippen LogP contribution < -0.4 is 0 Å². The minimum atomic E-state index is 0.560. The van der Waals surface area contributed by atoms with Crippen molar-refractivity contribution >= 4 is 12.2 Å². The summed E-state index contributed by atoms with van der Waals surface area (Å²) in [5, 5.41) is 0. The van der Waals surface area contributed by atoms with E-state index in [4.69, 9.17) is 12.2 Å². The first-order valence-corrected chi connectivity index (χ1v) is 7.33. The second-order valence-corrected chi connectivity index (χ2v) is 5.66. The summed E-state index contributed by atoms with van der Waals surface area (Å²) in [7, 11) is 0. The maximum absolute atomic E-state index is 5.43. The zero-order valence-corrected chi connectivity index (χ0v) is 12.0. The van der Waals surface area contributed by atoms with Gasteiger partial charge in [0.15, 0.2) is 0 Å². The Labute approximate surface area is 118 Å². The van der Waals surface area contributed by atoms with Crippen LogP contribution in [0.5, 0.6) is 0 Å². The normalized spacial score (nSPS) is 15.8.